The van der Waals surface area contributed by atoms with Crippen molar-refractivity contribution in [1.29, 1.82) is 0 Å². The van der Waals surface area contributed by atoms with Crippen molar-refractivity contribution in [3.8, 4) is 11.1 Å². The first-order valence-electron chi connectivity index (χ1n) is 10.1. The molecule has 28 heavy (non-hydrogen) atoms. The lowest BCUT2D eigenvalue weighted by molar-refractivity contribution is -0.00700. The average Bonchev–Trinajstić information content (AvgIpc) is 2.71. The van der Waals surface area contributed by atoms with E-state index >= 15 is 0 Å². The third-order valence-corrected chi connectivity index (χ3v) is 5.51. The lowest BCUT2D eigenvalue weighted by Crippen LogP contribution is -2.19. The van der Waals surface area contributed by atoms with Gasteiger partial charge in [-0.3, -0.25) is 0 Å². The molecule has 1 aliphatic heterocycles. The number of halogens is 3. The fourth-order valence-electron chi connectivity index (χ4n) is 3.73. The predicted molar refractivity (Wildman–Crippen MR) is 107 cm³/mol. The third kappa shape index (κ3) is 4.49. The van der Waals surface area contributed by atoms with E-state index < -0.39 is 17.5 Å². The van der Waals surface area contributed by atoms with Crippen LogP contribution in [0.15, 0.2) is 43.0 Å². The predicted octanol–water partition coefficient (Wildman–Crippen LogP) is 7.16. The van der Waals surface area contributed by atoms with Crippen LogP contribution >= 0.6 is 0 Å². The Hall–Kier alpha value is -2.07. The summed E-state index contributed by atoms with van der Waals surface area (Å²) in [7, 11) is 0. The Kier molecular flexibility index (Phi) is 6.95. The Labute approximate surface area is 165 Å². The molecule has 0 spiro atoms. The van der Waals surface area contributed by atoms with Gasteiger partial charge in [0, 0.05) is 17.0 Å². The van der Waals surface area contributed by atoms with E-state index in [0.717, 1.165) is 25.7 Å². The summed E-state index contributed by atoms with van der Waals surface area (Å²) in [5.74, 6) is -1.90. The molecule has 1 aliphatic rings. The van der Waals surface area contributed by atoms with Gasteiger partial charge in [0.1, 0.15) is 5.82 Å². The van der Waals surface area contributed by atoms with E-state index in [1.165, 1.54) is 6.07 Å². The molecule has 0 aromatic heterocycles. The molecule has 3 rings (SSSR count). The van der Waals surface area contributed by atoms with Crippen LogP contribution in [0.3, 0.4) is 0 Å². The zero-order valence-corrected chi connectivity index (χ0v) is 16.3. The minimum atomic E-state index is -0.913. The maximum absolute atomic E-state index is 14.7. The first kappa shape index (κ1) is 20.7. The Morgan fingerprint density at radius 2 is 1.89 bits per heavy atom. The highest BCUT2D eigenvalue weighted by Crippen LogP contribution is 2.35. The lowest BCUT2D eigenvalue weighted by Gasteiger charge is -2.28. The zero-order valence-electron chi connectivity index (χ0n) is 16.3. The number of hydrogen-bond donors (Lipinski definition) is 0. The van der Waals surface area contributed by atoms with Crippen molar-refractivity contribution in [2.75, 3.05) is 6.61 Å². The van der Waals surface area contributed by atoms with Crippen LogP contribution in [0.1, 0.15) is 56.3 Å². The summed E-state index contributed by atoms with van der Waals surface area (Å²) in [6.07, 6.45) is 6.49. The highest BCUT2D eigenvalue weighted by Gasteiger charge is 2.24. The van der Waals surface area contributed by atoms with Gasteiger partial charge in [-0.25, -0.2) is 13.2 Å². The van der Waals surface area contributed by atoms with E-state index in [9.17, 15) is 13.2 Å². The molecule has 0 N–H and O–H groups in total. The van der Waals surface area contributed by atoms with E-state index in [2.05, 4.69) is 13.5 Å². The monoisotopic (exact) mass is 388 g/mol. The van der Waals surface area contributed by atoms with Gasteiger partial charge in [-0.15, -0.1) is 6.58 Å². The third-order valence-electron chi connectivity index (χ3n) is 5.51. The van der Waals surface area contributed by atoms with Crippen LogP contribution in [0.25, 0.3) is 11.1 Å². The fraction of sp³-hybridized carbons (Fsp3) is 0.417. The molecule has 1 fully saturated rings. The summed E-state index contributed by atoms with van der Waals surface area (Å²) in [5.41, 5.74) is 1.25. The highest BCUT2D eigenvalue weighted by atomic mass is 19.2. The molecular weight excluding hydrogens is 361 g/mol. The van der Waals surface area contributed by atoms with Crippen molar-refractivity contribution in [3.05, 3.63) is 71.6 Å². The maximum Gasteiger partial charge on any atom is 0.166 e. The van der Waals surface area contributed by atoms with Gasteiger partial charge in [-0.1, -0.05) is 50.1 Å². The van der Waals surface area contributed by atoms with Crippen LogP contribution in [0, 0.1) is 23.4 Å². The second kappa shape index (κ2) is 9.42. The normalized spacial score (nSPS) is 19.6. The molecule has 2 aromatic rings. The molecule has 4 heteroatoms. The molecule has 2 atom stereocenters. The van der Waals surface area contributed by atoms with Crippen molar-refractivity contribution >= 4 is 0 Å². The van der Waals surface area contributed by atoms with Crippen LogP contribution in [0.4, 0.5) is 13.2 Å². The second-order valence-electron chi connectivity index (χ2n) is 7.49. The van der Waals surface area contributed by atoms with Crippen molar-refractivity contribution in [1.82, 2.24) is 0 Å². The second-order valence-corrected chi connectivity index (χ2v) is 7.49. The Bertz CT molecular complexity index is 823. The van der Waals surface area contributed by atoms with Gasteiger partial charge in [0.15, 0.2) is 11.6 Å². The van der Waals surface area contributed by atoms with Crippen LogP contribution < -0.4 is 0 Å². The summed E-state index contributed by atoms with van der Waals surface area (Å²) >= 11 is 0. The Morgan fingerprint density at radius 1 is 1.07 bits per heavy atom. The molecule has 2 unspecified atom stereocenters. The van der Waals surface area contributed by atoms with Gasteiger partial charge in [-0.05, 0) is 42.9 Å². The van der Waals surface area contributed by atoms with Gasteiger partial charge in [-0.2, -0.15) is 0 Å². The summed E-state index contributed by atoms with van der Waals surface area (Å²) < 4.78 is 49.5. The van der Waals surface area contributed by atoms with E-state index in [0.29, 0.717) is 42.1 Å². The van der Waals surface area contributed by atoms with Crippen LogP contribution in [-0.4, -0.2) is 6.61 Å². The first-order valence-corrected chi connectivity index (χ1v) is 10.1. The molecule has 0 aliphatic carbocycles. The largest absolute Gasteiger partial charge is 0.373 e. The Balaban J connectivity index is 1.80. The van der Waals surface area contributed by atoms with E-state index in [-0.39, 0.29) is 11.7 Å². The fourth-order valence-corrected chi connectivity index (χ4v) is 3.73. The van der Waals surface area contributed by atoms with Gasteiger partial charge in [0.2, 0.25) is 0 Å². The van der Waals surface area contributed by atoms with Crippen molar-refractivity contribution in [3.63, 3.8) is 0 Å². The SMILES string of the molecule is C=CC1CCC(c2ccc(-c3ccc(CCCCC)c(F)c3F)cc2F)OC1. The molecular formula is C24H27F3O. The maximum atomic E-state index is 14.7. The van der Waals surface area contributed by atoms with Gasteiger partial charge in [0.25, 0.3) is 0 Å². The van der Waals surface area contributed by atoms with Gasteiger partial charge >= 0.3 is 0 Å². The van der Waals surface area contributed by atoms with Crippen LogP contribution in [0.5, 0.6) is 0 Å². The number of rotatable bonds is 7. The average molecular weight is 388 g/mol. The summed E-state index contributed by atoms with van der Waals surface area (Å²) in [5, 5.41) is 0. The number of aryl methyl sites for hydroxylation is 1. The molecule has 150 valence electrons. The molecule has 2 aromatic carbocycles. The number of unbranched alkanes of at least 4 members (excludes halogenated alkanes) is 2. The van der Waals surface area contributed by atoms with E-state index in [1.54, 1.807) is 24.3 Å². The number of hydrogen-bond acceptors (Lipinski definition) is 1. The summed E-state index contributed by atoms with van der Waals surface area (Å²) in [6.45, 7) is 6.35. The standard InChI is InChI=1S/C24H27F3O/c1-3-5-6-7-17-9-11-19(24(27)23(17)26)18-10-12-20(21(25)14-18)22-13-8-16(4-2)15-28-22/h4,9-12,14,16,22H,2-3,5-8,13,15H2,1H3. The molecule has 1 heterocycles. The van der Waals surface area contributed by atoms with E-state index in [4.69, 9.17) is 4.74 Å². The molecule has 0 saturated carbocycles. The smallest absolute Gasteiger partial charge is 0.166 e. The lowest BCUT2D eigenvalue weighted by atomic mass is 9.93. The molecule has 0 amide bonds. The van der Waals surface area contributed by atoms with Crippen molar-refractivity contribution in [2.45, 2.75) is 51.6 Å². The molecule has 0 radical (unpaired) electrons. The van der Waals surface area contributed by atoms with Gasteiger partial charge in [0.05, 0.1) is 12.7 Å². The Morgan fingerprint density at radius 3 is 2.54 bits per heavy atom. The summed E-state index contributed by atoms with van der Waals surface area (Å²) in [4.78, 5) is 0. The first-order chi connectivity index (χ1) is 13.5. The minimum Gasteiger partial charge on any atom is -0.373 e. The molecule has 1 nitrogen and oxygen atoms in total. The van der Waals surface area contributed by atoms with Crippen LogP contribution in [0.2, 0.25) is 0 Å². The highest BCUT2D eigenvalue weighted by molar-refractivity contribution is 5.65. The number of ether oxygens (including phenoxy) is 1. The summed E-state index contributed by atoms with van der Waals surface area (Å²) in [6, 6.07) is 7.67. The van der Waals surface area contributed by atoms with Crippen molar-refractivity contribution < 1.29 is 17.9 Å². The number of benzene rings is 2. The zero-order chi connectivity index (χ0) is 20.1. The van der Waals surface area contributed by atoms with Gasteiger partial charge < -0.3 is 4.74 Å². The molecule has 1 saturated heterocycles. The topological polar surface area (TPSA) is 9.23 Å². The van der Waals surface area contributed by atoms with Crippen molar-refractivity contribution in [2.24, 2.45) is 5.92 Å². The minimum absolute atomic E-state index is 0.0819. The molecule has 0 bridgehead atoms. The van der Waals surface area contributed by atoms with E-state index in [1.807, 2.05) is 6.08 Å². The van der Waals surface area contributed by atoms with Crippen LogP contribution in [-0.2, 0) is 11.2 Å². The quantitative estimate of drug-likeness (QED) is 0.361.